The number of hydrogen-bond acceptors (Lipinski definition) is 4. The quantitative estimate of drug-likeness (QED) is 0.494. The molecule has 2 amide bonds. The Kier molecular flexibility index (Phi) is 9.88. The molecule has 0 fully saturated rings. The van der Waals surface area contributed by atoms with Crippen LogP contribution in [0, 0.1) is 5.82 Å². The van der Waals surface area contributed by atoms with Gasteiger partial charge in [-0.05, 0) is 55.7 Å². The van der Waals surface area contributed by atoms with E-state index < -0.39 is 34.3 Å². The first kappa shape index (κ1) is 27.6. The Morgan fingerprint density at radius 3 is 2.26 bits per heavy atom. The van der Waals surface area contributed by atoms with Gasteiger partial charge in [0.25, 0.3) is 0 Å². The zero-order valence-electron chi connectivity index (χ0n) is 19.8. The van der Waals surface area contributed by atoms with Crippen LogP contribution in [-0.4, -0.2) is 50.0 Å². The van der Waals surface area contributed by atoms with Gasteiger partial charge in [0, 0.05) is 17.6 Å². The third-order valence-corrected chi connectivity index (χ3v) is 6.82. The third-order valence-electron chi connectivity index (χ3n) is 5.43. The average molecular weight is 512 g/mol. The molecule has 0 radical (unpaired) electrons. The van der Waals surface area contributed by atoms with Crippen LogP contribution in [0.4, 0.5) is 10.1 Å². The molecule has 1 N–H and O–H groups in total. The molecule has 0 aliphatic rings. The lowest BCUT2D eigenvalue weighted by Crippen LogP contribution is -2.53. The van der Waals surface area contributed by atoms with Crippen LogP contribution < -0.4 is 9.62 Å². The van der Waals surface area contributed by atoms with Crippen LogP contribution in [0.2, 0.25) is 5.02 Å². The Balaban J connectivity index is 2.43. The van der Waals surface area contributed by atoms with Crippen LogP contribution in [0.15, 0.2) is 48.5 Å². The monoisotopic (exact) mass is 511 g/mol. The Labute approximate surface area is 205 Å². The number of amides is 2. The summed E-state index contributed by atoms with van der Waals surface area (Å²) < 4.78 is 39.6. The van der Waals surface area contributed by atoms with Gasteiger partial charge >= 0.3 is 0 Å². The van der Waals surface area contributed by atoms with Gasteiger partial charge in [0.05, 0.1) is 11.9 Å². The van der Waals surface area contributed by atoms with Crippen molar-refractivity contribution in [3.63, 3.8) is 0 Å². The van der Waals surface area contributed by atoms with Gasteiger partial charge in [0.2, 0.25) is 21.8 Å². The number of sulfonamides is 1. The Morgan fingerprint density at radius 2 is 1.74 bits per heavy atom. The van der Waals surface area contributed by atoms with E-state index in [4.69, 9.17) is 11.6 Å². The second kappa shape index (κ2) is 12.2. The summed E-state index contributed by atoms with van der Waals surface area (Å²) in [5.74, 6) is -1.54. The van der Waals surface area contributed by atoms with Crippen LogP contribution in [0.5, 0.6) is 0 Å². The van der Waals surface area contributed by atoms with Gasteiger partial charge in [0.15, 0.2) is 0 Å². The number of benzene rings is 2. The summed E-state index contributed by atoms with van der Waals surface area (Å²) in [6.45, 7) is 5.08. The van der Waals surface area contributed by atoms with Crippen molar-refractivity contribution < 1.29 is 22.4 Å². The van der Waals surface area contributed by atoms with E-state index in [2.05, 4.69) is 5.32 Å². The zero-order valence-corrected chi connectivity index (χ0v) is 21.4. The molecule has 2 rings (SSSR count). The first-order chi connectivity index (χ1) is 16.0. The summed E-state index contributed by atoms with van der Waals surface area (Å²) in [5.41, 5.74) is 0.753. The molecular weight excluding hydrogens is 481 g/mol. The average Bonchev–Trinajstić information content (AvgIpc) is 2.77. The van der Waals surface area contributed by atoms with Crippen molar-refractivity contribution >= 4 is 39.1 Å². The number of carbonyl (C=O) groups excluding carboxylic acids is 2. The van der Waals surface area contributed by atoms with E-state index in [0.717, 1.165) is 22.2 Å². The van der Waals surface area contributed by atoms with Crippen LogP contribution in [0.3, 0.4) is 0 Å². The molecule has 0 aliphatic carbocycles. The molecule has 7 nitrogen and oxygen atoms in total. The molecule has 0 unspecified atom stereocenters. The van der Waals surface area contributed by atoms with E-state index in [-0.39, 0.29) is 24.2 Å². The smallest absolute Gasteiger partial charge is 0.244 e. The third kappa shape index (κ3) is 7.70. The molecule has 0 spiro atoms. The minimum absolute atomic E-state index is 0.0272. The summed E-state index contributed by atoms with van der Waals surface area (Å²) >= 11 is 5.98. The van der Waals surface area contributed by atoms with Crippen molar-refractivity contribution in [3.8, 4) is 0 Å². The molecule has 0 aromatic heterocycles. The summed E-state index contributed by atoms with van der Waals surface area (Å²) in [4.78, 5) is 27.9. The van der Waals surface area contributed by atoms with E-state index in [0.29, 0.717) is 17.9 Å². The lowest BCUT2D eigenvalue weighted by molar-refractivity contribution is -0.140. The van der Waals surface area contributed by atoms with Crippen LogP contribution in [0.1, 0.15) is 39.2 Å². The molecule has 0 bridgehead atoms. The highest BCUT2D eigenvalue weighted by Gasteiger charge is 2.32. The number of carbonyl (C=O) groups is 2. The summed E-state index contributed by atoms with van der Waals surface area (Å²) in [6.07, 6.45) is 1.98. The molecule has 0 aliphatic heterocycles. The standard InChI is InChI=1S/C24H31ClFN3O4S/c1-5-17(3)27-24(31)22(6-2)28(15-18-10-12-19(25)13-11-18)23(30)16-29(34(4,32)33)21-9-7-8-20(26)14-21/h7-14,17,22H,5-6,15-16H2,1-4H3,(H,27,31)/t17-,22+/m0/s1. The number of halogens is 2. The van der Waals surface area contributed by atoms with Crippen molar-refractivity contribution in [2.24, 2.45) is 0 Å². The summed E-state index contributed by atoms with van der Waals surface area (Å²) in [5, 5.41) is 3.42. The van der Waals surface area contributed by atoms with Gasteiger partial charge in [-0.3, -0.25) is 13.9 Å². The molecular formula is C24H31ClFN3O4S. The molecule has 10 heteroatoms. The van der Waals surface area contributed by atoms with Crippen molar-refractivity contribution in [1.29, 1.82) is 0 Å². The fourth-order valence-electron chi connectivity index (χ4n) is 3.39. The second-order valence-corrected chi connectivity index (χ2v) is 10.5. The lowest BCUT2D eigenvalue weighted by atomic mass is 10.1. The fraction of sp³-hybridized carbons (Fsp3) is 0.417. The maximum atomic E-state index is 13.8. The summed E-state index contributed by atoms with van der Waals surface area (Å²) in [7, 11) is -3.92. The predicted octanol–water partition coefficient (Wildman–Crippen LogP) is 3.97. The van der Waals surface area contributed by atoms with Crippen molar-refractivity contribution in [2.75, 3.05) is 17.1 Å². The number of nitrogens with one attached hydrogen (secondary N) is 1. The maximum absolute atomic E-state index is 13.8. The number of hydrogen-bond donors (Lipinski definition) is 1. The van der Waals surface area contributed by atoms with Crippen LogP contribution in [-0.2, 0) is 26.2 Å². The molecule has 186 valence electrons. The normalized spacial score (nSPS) is 13.1. The van der Waals surface area contributed by atoms with E-state index in [1.807, 2.05) is 13.8 Å². The van der Waals surface area contributed by atoms with Gasteiger partial charge in [-0.25, -0.2) is 12.8 Å². The predicted molar refractivity (Wildman–Crippen MR) is 133 cm³/mol. The zero-order chi connectivity index (χ0) is 25.5. The van der Waals surface area contributed by atoms with Crippen LogP contribution in [0.25, 0.3) is 0 Å². The van der Waals surface area contributed by atoms with Gasteiger partial charge in [0.1, 0.15) is 18.4 Å². The molecule has 2 aromatic carbocycles. The van der Waals surface area contributed by atoms with Gasteiger partial charge in [-0.1, -0.05) is 43.6 Å². The summed E-state index contributed by atoms with van der Waals surface area (Å²) in [6, 6.07) is 10.9. The van der Waals surface area contributed by atoms with Crippen molar-refractivity contribution in [1.82, 2.24) is 10.2 Å². The number of anilines is 1. The fourth-order valence-corrected chi connectivity index (χ4v) is 4.36. The van der Waals surface area contributed by atoms with E-state index >= 15 is 0 Å². The number of nitrogens with zero attached hydrogens (tertiary/aromatic N) is 2. The highest BCUT2D eigenvalue weighted by atomic mass is 35.5. The molecule has 34 heavy (non-hydrogen) atoms. The maximum Gasteiger partial charge on any atom is 0.244 e. The van der Waals surface area contributed by atoms with Crippen LogP contribution >= 0.6 is 11.6 Å². The topological polar surface area (TPSA) is 86.8 Å². The molecule has 2 atom stereocenters. The van der Waals surface area contributed by atoms with Crippen molar-refractivity contribution in [3.05, 3.63) is 64.9 Å². The van der Waals surface area contributed by atoms with E-state index in [1.54, 1.807) is 31.2 Å². The Bertz CT molecular complexity index is 1100. The minimum atomic E-state index is -3.92. The Hall–Kier alpha value is -2.65. The highest BCUT2D eigenvalue weighted by molar-refractivity contribution is 7.92. The SMILES string of the molecule is CC[C@H](C(=O)N[C@@H](C)CC)N(Cc1ccc(Cl)cc1)C(=O)CN(c1cccc(F)c1)S(C)(=O)=O. The van der Waals surface area contributed by atoms with E-state index in [1.165, 1.54) is 23.1 Å². The van der Waals surface area contributed by atoms with Gasteiger partial charge in [-0.15, -0.1) is 0 Å². The minimum Gasteiger partial charge on any atom is -0.352 e. The largest absolute Gasteiger partial charge is 0.352 e. The molecule has 0 heterocycles. The highest BCUT2D eigenvalue weighted by Crippen LogP contribution is 2.21. The van der Waals surface area contributed by atoms with E-state index in [9.17, 15) is 22.4 Å². The molecule has 2 aromatic rings. The number of rotatable bonds is 11. The molecule has 0 saturated heterocycles. The Morgan fingerprint density at radius 1 is 1.09 bits per heavy atom. The lowest BCUT2D eigenvalue weighted by Gasteiger charge is -2.33. The first-order valence-electron chi connectivity index (χ1n) is 11.0. The first-order valence-corrected chi connectivity index (χ1v) is 13.3. The second-order valence-electron chi connectivity index (χ2n) is 8.14. The van der Waals surface area contributed by atoms with Gasteiger partial charge < -0.3 is 10.2 Å². The molecule has 0 saturated carbocycles. The van der Waals surface area contributed by atoms with Crippen molar-refractivity contribution in [2.45, 2.75) is 52.2 Å². The van der Waals surface area contributed by atoms with Gasteiger partial charge in [-0.2, -0.15) is 0 Å².